The highest BCUT2D eigenvalue weighted by Gasteiger charge is 2.24. The first-order valence-electron chi connectivity index (χ1n) is 8.06. The molecule has 2 unspecified atom stereocenters. The van der Waals surface area contributed by atoms with Crippen molar-refractivity contribution in [2.45, 2.75) is 32.7 Å². The summed E-state index contributed by atoms with van der Waals surface area (Å²) in [6.07, 6.45) is 2.26. The SMILES string of the molecule is CCOc1ccc(OCCN2CCC(N)C(CC)C2)cc1. The quantitative estimate of drug-likeness (QED) is 0.839. The van der Waals surface area contributed by atoms with E-state index in [2.05, 4.69) is 11.8 Å². The van der Waals surface area contributed by atoms with Crippen LogP contribution in [0.15, 0.2) is 24.3 Å². The van der Waals surface area contributed by atoms with Crippen LogP contribution >= 0.6 is 0 Å². The number of likely N-dealkylation sites (tertiary alicyclic amines) is 1. The van der Waals surface area contributed by atoms with Gasteiger partial charge < -0.3 is 15.2 Å². The van der Waals surface area contributed by atoms with Gasteiger partial charge in [0.05, 0.1) is 6.61 Å². The zero-order valence-electron chi connectivity index (χ0n) is 13.3. The van der Waals surface area contributed by atoms with Crippen LogP contribution in [0.3, 0.4) is 0 Å². The molecule has 1 saturated heterocycles. The molecule has 0 amide bonds. The summed E-state index contributed by atoms with van der Waals surface area (Å²) in [7, 11) is 0. The first-order valence-corrected chi connectivity index (χ1v) is 8.06. The third kappa shape index (κ3) is 4.90. The molecule has 0 radical (unpaired) electrons. The van der Waals surface area contributed by atoms with Crippen LogP contribution in [0, 0.1) is 5.92 Å². The maximum Gasteiger partial charge on any atom is 0.119 e. The smallest absolute Gasteiger partial charge is 0.119 e. The van der Waals surface area contributed by atoms with Gasteiger partial charge in [0.2, 0.25) is 0 Å². The summed E-state index contributed by atoms with van der Waals surface area (Å²) in [5, 5.41) is 0. The zero-order chi connectivity index (χ0) is 15.1. The molecule has 1 fully saturated rings. The predicted molar refractivity (Wildman–Crippen MR) is 85.9 cm³/mol. The van der Waals surface area contributed by atoms with Gasteiger partial charge in [0.15, 0.2) is 0 Å². The van der Waals surface area contributed by atoms with Gasteiger partial charge in [-0.15, -0.1) is 0 Å². The lowest BCUT2D eigenvalue weighted by Crippen LogP contribution is -2.47. The molecule has 1 aromatic rings. The van der Waals surface area contributed by atoms with Gasteiger partial charge in [-0.1, -0.05) is 13.3 Å². The summed E-state index contributed by atoms with van der Waals surface area (Å²) in [4.78, 5) is 2.46. The molecule has 0 aromatic heterocycles. The molecule has 1 aliphatic heterocycles. The Hall–Kier alpha value is -1.26. The minimum atomic E-state index is 0.373. The molecule has 0 bridgehead atoms. The highest BCUT2D eigenvalue weighted by atomic mass is 16.5. The lowest BCUT2D eigenvalue weighted by atomic mass is 9.91. The number of rotatable bonds is 7. The van der Waals surface area contributed by atoms with Crippen molar-refractivity contribution in [1.82, 2.24) is 4.90 Å². The molecule has 0 spiro atoms. The first-order chi connectivity index (χ1) is 10.2. The Morgan fingerprint density at radius 1 is 1.14 bits per heavy atom. The number of nitrogens with zero attached hydrogens (tertiary/aromatic N) is 1. The normalized spacial score (nSPS) is 23.0. The van der Waals surface area contributed by atoms with Crippen LogP contribution in [0.1, 0.15) is 26.7 Å². The third-order valence-electron chi connectivity index (χ3n) is 4.21. The predicted octanol–water partition coefficient (Wildman–Crippen LogP) is 2.52. The largest absolute Gasteiger partial charge is 0.494 e. The van der Waals surface area contributed by atoms with Gasteiger partial charge in [0.1, 0.15) is 18.1 Å². The average molecular weight is 292 g/mol. The second kappa shape index (κ2) is 8.25. The minimum Gasteiger partial charge on any atom is -0.494 e. The monoisotopic (exact) mass is 292 g/mol. The molecule has 4 nitrogen and oxygen atoms in total. The second-order valence-corrected chi connectivity index (χ2v) is 5.67. The van der Waals surface area contributed by atoms with E-state index >= 15 is 0 Å². The number of benzene rings is 1. The molecular formula is C17H28N2O2. The number of piperidine rings is 1. The molecule has 21 heavy (non-hydrogen) atoms. The summed E-state index contributed by atoms with van der Waals surface area (Å²) >= 11 is 0. The van der Waals surface area contributed by atoms with E-state index in [0.29, 0.717) is 18.6 Å². The lowest BCUT2D eigenvalue weighted by molar-refractivity contribution is 0.130. The minimum absolute atomic E-state index is 0.373. The number of ether oxygens (including phenoxy) is 2. The molecule has 1 heterocycles. The summed E-state index contributed by atoms with van der Waals surface area (Å²) in [6, 6.07) is 8.20. The number of hydrogen-bond donors (Lipinski definition) is 1. The fourth-order valence-corrected chi connectivity index (χ4v) is 2.85. The second-order valence-electron chi connectivity index (χ2n) is 5.67. The molecular weight excluding hydrogens is 264 g/mol. The van der Waals surface area contributed by atoms with Crippen molar-refractivity contribution in [3.8, 4) is 11.5 Å². The Balaban J connectivity index is 1.71. The van der Waals surface area contributed by atoms with Crippen LogP contribution in [-0.2, 0) is 0 Å². The van der Waals surface area contributed by atoms with E-state index in [1.807, 2.05) is 31.2 Å². The molecule has 0 aliphatic carbocycles. The Bertz CT molecular complexity index is 408. The molecule has 0 saturated carbocycles. The fourth-order valence-electron chi connectivity index (χ4n) is 2.85. The lowest BCUT2D eigenvalue weighted by Gasteiger charge is -2.36. The van der Waals surface area contributed by atoms with Crippen molar-refractivity contribution in [3.05, 3.63) is 24.3 Å². The van der Waals surface area contributed by atoms with E-state index in [1.165, 1.54) is 0 Å². The summed E-state index contributed by atoms with van der Waals surface area (Å²) in [5.74, 6) is 2.42. The Morgan fingerprint density at radius 3 is 2.43 bits per heavy atom. The molecule has 4 heteroatoms. The number of hydrogen-bond acceptors (Lipinski definition) is 4. The third-order valence-corrected chi connectivity index (χ3v) is 4.21. The highest BCUT2D eigenvalue weighted by molar-refractivity contribution is 5.31. The highest BCUT2D eigenvalue weighted by Crippen LogP contribution is 2.19. The molecule has 1 aromatic carbocycles. The van der Waals surface area contributed by atoms with Gasteiger partial charge in [0, 0.05) is 19.1 Å². The summed E-state index contributed by atoms with van der Waals surface area (Å²) in [6.45, 7) is 8.78. The van der Waals surface area contributed by atoms with Crippen LogP contribution in [0.25, 0.3) is 0 Å². The van der Waals surface area contributed by atoms with Crippen LogP contribution < -0.4 is 15.2 Å². The van der Waals surface area contributed by atoms with Crippen LogP contribution in [-0.4, -0.2) is 43.8 Å². The van der Waals surface area contributed by atoms with Crippen molar-refractivity contribution in [1.29, 1.82) is 0 Å². The van der Waals surface area contributed by atoms with E-state index in [1.54, 1.807) is 0 Å². The summed E-state index contributed by atoms with van der Waals surface area (Å²) in [5.41, 5.74) is 6.14. The van der Waals surface area contributed by atoms with Gasteiger partial charge >= 0.3 is 0 Å². The molecule has 2 N–H and O–H groups in total. The molecule has 1 aliphatic rings. The van der Waals surface area contributed by atoms with Gasteiger partial charge in [-0.3, -0.25) is 4.90 Å². The topological polar surface area (TPSA) is 47.7 Å². The van der Waals surface area contributed by atoms with Crippen molar-refractivity contribution >= 4 is 0 Å². The van der Waals surface area contributed by atoms with E-state index in [0.717, 1.165) is 50.6 Å². The van der Waals surface area contributed by atoms with Gasteiger partial charge in [-0.25, -0.2) is 0 Å². The van der Waals surface area contributed by atoms with Crippen molar-refractivity contribution in [2.24, 2.45) is 11.7 Å². The maximum absolute atomic E-state index is 6.14. The average Bonchev–Trinajstić information content (AvgIpc) is 2.51. The Labute approximate surface area is 128 Å². The van der Waals surface area contributed by atoms with Crippen LogP contribution in [0.2, 0.25) is 0 Å². The van der Waals surface area contributed by atoms with E-state index < -0.39 is 0 Å². The van der Waals surface area contributed by atoms with Crippen molar-refractivity contribution in [2.75, 3.05) is 32.8 Å². The maximum atomic E-state index is 6.14. The van der Waals surface area contributed by atoms with Gasteiger partial charge in [-0.05, 0) is 50.1 Å². The number of nitrogens with two attached hydrogens (primary N) is 1. The zero-order valence-corrected chi connectivity index (χ0v) is 13.3. The Morgan fingerprint density at radius 2 is 1.81 bits per heavy atom. The van der Waals surface area contributed by atoms with Crippen molar-refractivity contribution in [3.63, 3.8) is 0 Å². The molecule has 118 valence electrons. The standard InChI is InChI=1S/C17H28N2O2/c1-3-14-13-19(10-9-17(14)18)11-12-21-16-7-5-15(6-8-16)20-4-2/h5-8,14,17H,3-4,9-13,18H2,1-2H3. The Kier molecular flexibility index (Phi) is 6.33. The fraction of sp³-hybridized carbons (Fsp3) is 0.647. The van der Waals surface area contributed by atoms with E-state index in [9.17, 15) is 0 Å². The van der Waals surface area contributed by atoms with Gasteiger partial charge in [-0.2, -0.15) is 0 Å². The van der Waals surface area contributed by atoms with Gasteiger partial charge in [0.25, 0.3) is 0 Å². The first kappa shape index (κ1) is 16.1. The van der Waals surface area contributed by atoms with Crippen molar-refractivity contribution < 1.29 is 9.47 Å². The van der Waals surface area contributed by atoms with Crippen LogP contribution in [0.5, 0.6) is 11.5 Å². The van der Waals surface area contributed by atoms with E-state index in [-0.39, 0.29) is 0 Å². The summed E-state index contributed by atoms with van der Waals surface area (Å²) < 4.78 is 11.2. The van der Waals surface area contributed by atoms with Crippen LogP contribution in [0.4, 0.5) is 0 Å². The molecule has 2 rings (SSSR count). The van der Waals surface area contributed by atoms with E-state index in [4.69, 9.17) is 15.2 Å². The molecule has 2 atom stereocenters.